The number of ether oxygens (including phenoxy) is 4. The van der Waals surface area contributed by atoms with Gasteiger partial charge in [-0.15, -0.1) is 0 Å². The van der Waals surface area contributed by atoms with Crippen molar-refractivity contribution >= 4 is 23.9 Å². The van der Waals surface area contributed by atoms with Crippen molar-refractivity contribution in [1.82, 2.24) is 0 Å². The first-order valence-electron chi connectivity index (χ1n) is 16.9. The first-order valence-corrected chi connectivity index (χ1v) is 16.9. The molecule has 1 aliphatic rings. The Morgan fingerprint density at radius 1 is 0.400 bits per heavy atom. The zero-order valence-corrected chi connectivity index (χ0v) is 30.0. The van der Waals surface area contributed by atoms with E-state index < -0.39 is 34.7 Å². The maximum atomic E-state index is 15.0. The molecule has 0 heterocycles. The van der Waals surface area contributed by atoms with Crippen LogP contribution in [0.5, 0.6) is 23.0 Å². The summed E-state index contributed by atoms with van der Waals surface area (Å²) in [7, 11) is 0. The monoisotopic (exact) mass is 676 g/mol. The second-order valence-electron chi connectivity index (χ2n) is 13.4. The number of esters is 4. The zero-order valence-electron chi connectivity index (χ0n) is 30.0. The smallest absolute Gasteiger partial charge is 0.330 e. The maximum absolute atomic E-state index is 15.0. The number of aryl methyl sites for hydroxylation is 4. The summed E-state index contributed by atoms with van der Waals surface area (Å²) in [4.78, 5) is 59.9. The quantitative estimate of drug-likeness (QED) is 0.104. The van der Waals surface area contributed by atoms with Crippen LogP contribution in [0.1, 0.15) is 70.2 Å². The van der Waals surface area contributed by atoms with Crippen LogP contribution < -0.4 is 18.9 Å². The van der Waals surface area contributed by atoms with Crippen LogP contribution in [0.25, 0.3) is 0 Å². The molecule has 260 valence electrons. The Hall–Kier alpha value is -5.24. The summed E-state index contributed by atoms with van der Waals surface area (Å²) < 4.78 is 24.3. The number of carbonyl (C=O) groups is 4. The van der Waals surface area contributed by atoms with Gasteiger partial charge in [0.25, 0.3) is 0 Å². The van der Waals surface area contributed by atoms with Crippen molar-refractivity contribution in [2.45, 2.75) is 81.1 Å². The highest BCUT2D eigenvalue weighted by atomic mass is 16.6. The molecule has 4 aromatic rings. The standard InChI is InChI=1S/C42H44O8/c1-25-15-11-19-33(29(25)5)47-37(43)41(38(44)48-34-20-12-16-26(2)30(34)6)23-9-10-24-42(41,39(45)49-35-21-13-17-27(3)31(35)7)40(46)50-36-22-14-18-28(4)32(36)8/h11-22H,9-10,23-24H2,1-8H3. The molecule has 8 heteroatoms. The molecule has 0 bridgehead atoms. The molecule has 0 aromatic heterocycles. The Morgan fingerprint density at radius 2 is 0.620 bits per heavy atom. The lowest BCUT2D eigenvalue weighted by Crippen LogP contribution is -2.66. The molecule has 0 saturated heterocycles. The van der Waals surface area contributed by atoms with E-state index in [4.69, 9.17) is 18.9 Å². The third-order valence-electron chi connectivity index (χ3n) is 10.5. The van der Waals surface area contributed by atoms with Gasteiger partial charge in [0.05, 0.1) is 0 Å². The molecule has 0 amide bonds. The predicted octanol–water partition coefficient (Wildman–Crippen LogP) is 8.42. The second kappa shape index (κ2) is 14.3. The molecule has 1 saturated carbocycles. The van der Waals surface area contributed by atoms with Gasteiger partial charge in [0.15, 0.2) is 10.8 Å². The topological polar surface area (TPSA) is 105 Å². The van der Waals surface area contributed by atoms with E-state index in [1.807, 2.05) is 52.0 Å². The predicted molar refractivity (Wildman–Crippen MR) is 190 cm³/mol. The van der Waals surface area contributed by atoms with Gasteiger partial charge in [-0.3, -0.25) is 19.2 Å². The first-order chi connectivity index (χ1) is 23.7. The van der Waals surface area contributed by atoms with Gasteiger partial charge in [-0.05, 0) is 137 Å². The van der Waals surface area contributed by atoms with E-state index in [9.17, 15) is 19.2 Å². The minimum atomic E-state index is -2.50. The number of benzene rings is 4. The van der Waals surface area contributed by atoms with Gasteiger partial charge in [-0.2, -0.15) is 0 Å². The van der Waals surface area contributed by atoms with Gasteiger partial charge in [-0.25, -0.2) is 0 Å². The Balaban J connectivity index is 1.77. The molecule has 1 aliphatic carbocycles. The molecule has 0 radical (unpaired) electrons. The molecule has 8 nitrogen and oxygen atoms in total. The van der Waals surface area contributed by atoms with E-state index in [-0.39, 0.29) is 35.8 Å². The van der Waals surface area contributed by atoms with Gasteiger partial charge >= 0.3 is 23.9 Å². The van der Waals surface area contributed by atoms with Crippen molar-refractivity contribution < 1.29 is 38.1 Å². The summed E-state index contributed by atoms with van der Waals surface area (Å²) in [5, 5.41) is 0. The van der Waals surface area contributed by atoms with Crippen molar-refractivity contribution in [2.24, 2.45) is 10.8 Å². The molecular weight excluding hydrogens is 632 g/mol. The Kier molecular flexibility index (Phi) is 10.3. The number of carbonyl (C=O) groups excluding carboxylic acids is 4. The molecule has 0 unspecified atom stereocenters. The normalized spacial score (nSPS) is 14.7. The minimum absolute atomic E-state index is 0.194. The highest BCUT2D eigenvalue weighted by Gasteiger charge is 2.74. The van der Waals surface area contributed by atoms with Crippen LogP contribution in [0.3, 0.4) is 0 Å². The molecule has 0 N–H and O–H groups in total. The Bertz CT molecular complexity index is 1710. The fourth-order valence-electron chi connectivity index (χ4n) is 6.57. The van der Waals surface area contributed by atoms with Crippen LogP contribution in [0.15, 0.2) is 72.8 Å². The average Bonchev–Trinajstić information content (AvgIpc) is 3.09. The number of hydrogen-bond acceptors (Lipinski definition) is 8. The lowest BCUT2D eigenvalue weighted by molar-refractivity contribution is -0.195. The van der Waals surface area contributed by atoms with Crippen molar-refractivity contribution in [2.75, 3.05) is 0 Å². The lowest BCUT2D eigenvalue weighted by Gasteiger charge is -2.45. The van der Waals surface area contributed by atoms with E-state index in [1.165, 1.54) is 0 Å². The highest BCUT2D eigenvalue weighted by Crippen LogP contribution is 2.55. The highest BCUT2D eigenvalue weighted by molar-refractivity contribution is 6.16. The maximum Gasteiger partial charge on any atom is 0.330 e. The van der Waals surface area contributed by atoms with E-state index in [2.05, 4.69) is 0 Å². The summed E-state index contributed by atoms with van der Waals surface area (Å²) in [5.41, 5.74) is 1.05. The van der Waals surface area contributed by atoms with Crippen LogP contribution in [0.2, 0.25) is 0 Å². The van der Waals surface area contributed by atoms with Crippen LogP contribution in [0.4, 0.5) is 0 Å². The van der Waals surface area contributed by atoms with Gasteiger partial charge in [-0.1, -0.05) is 61.4 Å². The largest absolute Gasteiger partial charge is 0.425 e. The van der Waals surface area contributed by atoms with Gasteiger partial charge < -0.3 is 18.9 Å². The van der Waals surface area contributed by atoms with E-state index in [0.29, 0.717) is 35.1 Å². The third-order valence-corrected chi connectivity index (χ3v) is 10.5. The van der Waals surface area contributed by atoms with Crippen molar-refractivity contribution in [3.63, 3.8) is 0 Å². The van der Waals surface area contributed by atoms with Gasteiger partial charge in [0.1, 0.15) is 23.0 Å². The van der Waals surface area contributed by atoms with Crippen LogP contribution in [-0.4, -0.2) is 23.9 Å². The Labute approximate surface area is 293 Å². The van der Waals surface area contributed by atoms with E-state index in [1.54, 1.807) is 76.2 Å². The van der Waals surface area contributed by atoms with Crippen LogP contribution in [-0.2, 0) is 19.2 Å². The van der Waals surface area contributed by atoms with E-state index in [0.717, 1.165) is 22.3 Å². The lowest BCUT2D eigenvalue weighted by atomic mass is 9.55. The molecule has 0 aliphatic heterocycles. The number of hydrogen-bond donors (Lipinski definition) is 0. The second-order valence-corrected chi connectivity index (χ2v) is 13.4. The zero-order chi connectivity index (χ0) is 36.4. The molecular formula is C42H44O8. The van der Waals surface area contributed by atoms with Crippen molar-refractivity contribution in [3.8, 4) is 23.0 Å². The average molecular weight is 677 g/mol. The molecule has 0 spiro atoms. The summed E-state index contributed by atoms with van der Waals surface area (Å²) in [6.07, 6.45) is 0.173. The third kappa shape index (κ3) is 6.30. The minimum Gasteiger partial charge on any atom is -0.425 e. The molecule has 4 aromatic carbocycles. The molecule has 5 rings (SSSR count). The molecule has 50 heavy (non-hydrogen) atoms. The van der Waals surface area contributed by atoms with Gasteiger partial charge in [0.2, 0.25) is 0 Å². The fourth-order valence-corrected chi connectivity index (χ4v) is 6.57. The number of rotatable bonds is 8. The Morgan fingerprint density at radius 3 is 0.840 bits per heavy atom. The molecule has 1 fully saturated rings. The fraction of sp³-hybridized carbons (Fsp3) is 0.333. The summed E-state index contributed by atoms with van der Waals surface area (Å²) in [5.74, 6) is -3.63. The summed E-state index contributed by atoms with van der Waals surface area (Å²) in [6, 6.07) is 20.8. The van der Waals surface area contributed by atoms with Gasteiger partial charge in [0, 0.05) is 0 Å². The van der Waals surface area contributed by atoms with Crippen LogP contribution in [0, 0.1) is 66.2 Å². The molecule has 0 atom stereocenters. The van der Waals surface area contributed by atoms with Crippen LogP contribution >= 0.6 is 0 Å². The first kappa shape index (κ1) is 36.1. The summed E-state index contributed by atoms with van der Waals surface area (Å²) in [6.45, 7) is 14.6. The van der Waals surface area contributed by atoms with Crippen molar-refractivity contribution in [3.05, 3.63) is 117 Å². The SMILES string of the molecule is Cc1cccc(OC(=O)C2(C(=O)Oc3cccc(C)c3C)CCCCC2(C(=O)Oc2cccc(C)c2C)C(=O)Oc2cccc(C)c2C)c1C. The summed E-state index contributed by atoms with van der Waals surface area (Å²) >= 11 is 0. The van der Waals surface area contributed by atoms with E-state index >= 15 is 0 Å². The van der Waals surface area contributed by atoms with Crippen molar-refractivity contribution in [1.29, 1.82) is 0 Å².